The number of nitrogens with zero attached hydrogens (tertiary/aromatic N) is 1. The van der Waals surface area contributed by atoms with Gasteiger partial charge in [0.2, 0.25) is 0 Å². The Morgan fingerprint density at radius 1 is 1.55 bits per heavy atom. The third-order valence-electron chi connectivity index (χ3n) is 1.57. The maximum atomic E-state index is 10.3. The van der Waals surface area contributed by atoms with Crippen LogP contribution in [-0.4, -0.2) is 31.3 Å². The zero-order chi connectivity index (χ0) is 8.85. The molecule has 0 amide bonds. The van der Waals surface area contributed by atoms with Gasteiger partial charge in [-0.1, -0.05) is 0 Å². The van der Waals surface area contributed by atoms with Crippen LogP contribution in [0.25, 0.3) is 0 Å². The average Bonchev–Trinajstić information content (AvgIpc) is 1.99. The van der Waals surface area contributed by atoms with Crippen LogP contribution in [0.4, 0.5) is 0 Å². The van der Waals surface area contributed by atoms with Gasteiger partial charge in [0.05, 0.1) is 5.70 Å². The van der Waals surface area contributed by atoms with E-state index in [-0.39, 0.29) is 0 Å². The first-order valence-electron chi connectivity index (χ1n) is 3.68. The molecule has 0 aromatic rings. The molecule has 3 heteroatoms. The van der Waals surface area contributed by atoms with Crippen molar-refractivity contribution < 1.29 is 4.79 Å². The van der Waals surface area contributed by atoms with Crippen LogP contribution < -0.4 is 5.32 Å². The van der Waals surface area contributed by atoms with Crippen LogP contribution in [0.15, 0.2) is 11.9 Å². The minimum atomic E-state index is 0.415. The molecule has 0 bridgehead atoms. The molecule has 0 heterocycles. The molecule has 0 saturated carbocycles. The first-order chi connectivity index (χ1) is 5.11. The van der Waals surface area contributed by atoms with E-state index < -0.39 is 0 Å². The summed E-state index contributed by atoms with van der Waals surface area (Å²) in [6.45, 7) is 4.13. The molecule has 1 N–H and O–H groups in total. The number of carbonyl (C=O) groups is 1. The first kappa shape index (κ1) is 10.0. The van der Waals surface area contributed by atoms with Crippen LogP contribution in [-0.2, 0) is 4.79 Å². The van der Waals surface area contributed by atoms with Gasteiger partial charge in [0.15, 0.2) is 6.29 Å². The summed E-state index contributed by atoms with van der Waals surface area (Å²) in [6, 6.07) is 0.415. The molecule has 0 radical (unpaired) electrons. The smallest absolute Gasteiger partial charge is 0.167 e. The summed E-state index contributed by atoms with van der Waals surface area (Å²) < 4.78 is 0. The van der Waals surface area contributed by atoms with Crippen molar-refractivity contribution in [2.75, 3.05) is 14.1 Å². The van der Waals surface area contributed by atoms with Crippen LogP contribution in [0.2, 0.25) is 0 Å². The predicted molar refractivity (Wildman–Crippen MR) is 46.1 cm³/mol. The lowest BCUT2D eigenvalue weighted by Gasteiger charge is -2.19. The van der Waals surface area contributed by atoms with E-state index in [1.54, 1.807) is 13.2 Å². The largest absolute Gasteiger partial charge is 0.384 e. The van der Waals surface area contributed by atoms with E-state index in [4.69, 9.17) is 0 Å². The van der Waals surface area contributed by atoms with Gasteiger partial charge < -0.3 is 10.2 Å². The van der Waals surface area contributed by atoms with Crippen molar-refractivity contribution in [1.29, 1.82) is 0 Å². The lowest BCUT2D eigenvalue weighted by atomic mass is 10.3. The maximum Gasteiger partial charge on any atom is 0.167 e. The Morgan fingerprint density at radius 3 is 2.36 bits per heavy atom. The second-order valence-corrected chi connectivity index (χ2v) is 2.71. The van der Waals surface area contributed by atoms with E-state index in [0.29, 0.717) is 11.7 Å². The maximum absolute atomic E-state index is 10.3. The van der Waals surface area contributed by atoms with Gasteiger partial charge in [-0.2, -0.15) is 0 Å². The average molecular weight is 156 g/mol. The van der Waals surface area contributed by atoms with Crippen molar-refractivity contribution in [2.24, 2.45) is 0 Å². The number of aldehydes is 1. The van der Waals surface area contributed by atoms with Crippen LogP contribution in [0.5, 0.6) is 0 Å². The Balaban J connectivity index is 4.14. The predicted octanol–water partition coefficient (Wildman–Crippen LogP) is 0.586. The highest BCUT2D eigenvalue weighted by molar-refractivity contribution is 5.71. The van der Waals surface area contributed by atoms with E-state index in [9.17, 15) is 4.79 Å². The lowest BCUT2D eigenvalue weighted by molar-refractivity contribution is -0.105. The van der Waals surface area contributed by atoms with Crippen molar-refractivity contribution in [3.63, 3.8) is 0 Å². The molecule has 64 valence electrons. The summed E-state index contributed by atoms with van der Waals surface area (Å²) in [6.07, 6.45) is 2.59. The summed E-state index contributed by atoms with van der Waals surface area (Å²) in [5, 5.41) is 2.79. The normalized spacial score (nSPS) is 11.5. The van der Waals surface area contributed by atoms with Gasteiger partial charge in [-0.25, -0.2) is 0 Å². The number of hydrogen-bond acceptors (Lipinski definition) is 3. The molecule has 0 aliphatic carbocycles. The molecule has 0 aliphatic rings. The van der Waals surface area contributed by atoms with Gasteiger partial charge in [0.1, 0.15) is 0 Å². The molecule has 0 aliphatic heterocycles. The SMILES string of the molecule is CN/C(C=O)=C\N(C)C(C)C. The molecule has 0 aromatic carbocycles. The zero-order valence-electron chi connectivity index (χ0n) is 7.59. The number of likely N-dealkylation sites (N-methyl/N-ethyl adjacent to an activating group) is 1. The highest BCUT2D eigenvalue weighted by Gasteiger charge is 1.98. The zero-order valence-corrected chi connectivity index (χ0v) is 7.59. The van der Waals surface area contributed by atoms with Gasteiger partial charge in [-0.15, -0.1) is 0 Å². The Labute approximate surface area is 68.1 Å². The minimum Gasteiger partial charge on any atom is -0.384 e. The van der Waals surface area contributed by atoms with Gasteiger partial charge in [-0.05, 0) is 13.8 Å². The quantitative estimate of drug-likeness (QED) is 0.477. The summed E-state index contributed by atoms with van der Waals surface area (Å²) >= 11 is 0. The van der Waals surface area contributed by atoms with Crippen molar-refractivity contribution >= 4 is 6.29 Å². The summed E-state index contributed by atoms with van der Waals surface area (Å²) in [5.41, 5.74) is 0.598. The third-order valence-corrected chi connectivity index (χ3v) is 1.57. The summed E-state index contributed by atoms with van der Waals surface area (Å²) in [4.78, 5) is 12.3. The number of carbonyl (C=O) groups excluding carboxylic acids is 1. The Hall–Kier alpha value is -0.990. The second-order valence-electron chi connectivity index (χ2n) is 2.71. The topological polar surface area (TPSA) is 32.3 Å². The second kappa shape index (κ2) is 4.77. The molecule has 11 heavy (non-hydrogen) atoms. The molecule has 0 unspecified atom stereocenters. The molecular formula is C8H16N2O. The molecule has 0 aromatic heterocycles. The summed E-state index contributed by atoms with van der Waals surface area (Å²) in [5.74, 6) is 0. The number of hydrogen-bond donors (Lipinski definition) is 1. The Bertz CT molecular complexity index is 152. The molecule has 0 rings (SSSR count). The number of nitrogens with one attached hydrogen (secondary N) is 1. The molecule has 0 fully saturated rings. The van der Waals surface area contributed by atoms with Crippen LogP contribution in [0, 0.1) is 0 Å². The Kier molecular flexibility index (Phi) is 4.34. The highest BCUT2D eigenvalue weighted by atomic mass is 16.1. The summed E-state index contributed by atoms with van der Waals surface area (Å²) in [7, 11) is 3.67. The van der Waals surface area contributed by atoms with E-state index >= 15 is 0 Å². The molecule has 0 spiro atoms. The van der Waals surface area contributed by atoms with Crippen LogP contribution in [0.3, 0.4) is 0 Å². The monoisotopic (exact) mass is 156 g/mol. The van der Waals surface area contributed by atoms with Crippen molar-refractivity contribution in [3.8, 4) is 0 Å². The molecule has 3 nitrogen and oxygen atoms in total. The third kappa shape index (κ3) is 3.65. The van der Waals surface area contributed by atoms with Crippen LogP contribution in [0.1, 0.15) is 13.8 Å². The van der Waals surface area contributed by atoms with E-state index in [2.05, 4.69) is 19.2 Å². The highest BCUT2D eigenvalue weighted by Crippen LogP contribution is 1.95. The van der Waals surface area contributed by atoms with E-state index in [1.807, 2.05) is 11.9 Å². The first-order valence-corrected chi connectivity index (χ1v) is 3.68. The van der Waals surface area contributed by atoms with Crippen molar-refractivity contribution in [1.82, 2.24) is 10.2 Å². The van der Waals surface area contributed by atoms with Gasteiger partial charge >= 0.3 is 0 Å². The molecule has 0 saturated heterocycles. The number of allylic oxidation sites excluding steroid dienone is 1. The fourth-order valence-electron chi connectivity index (χ4n) is 0.522. The molecule has 0 atom stereocenters. The van der Waals surface area contributed by atoms with Gasteiger partial charge in [0, 0.05) is 26.3 Å². The lowest BCUT2D eigenvalue weighted by Crippen LogP contribution is -2.23. The van der Waals surface area contributed by atoms with Crippen molar-refractivity contribution in [2.45, 2.75) is 19.9 Å². The Morgan fingerprint density at radius 2 is 2.09 bits per heavy atom. The fraction of sp³-hybridized carbons (Fsp3) is 0.625. The van der Waals surface area contributed by atoms with Crippen LogP contribution >= 0.6 is 0 Å². The van der Waals surface area contributed by atoms with E-state index in [1.165, 1.54) is 0 Å². The fourth-order valence-corrected chi connectivity index (χ4v) is 0.522. The van der Waals surface area contributed by atoms with Crippen molar-refractivity contribution in [3.05, 3.63) is 11.9 Å². The van der Waals surface area contributed by atoms with E-state index in [0.717, 1.165) is 6.29 Å². The van der Waals surface area contributed by atoms with Gasteiger partial charge in [-0.3, -0.25) is 4.79 Å². The standard InChI is InChI=1S/C8H16N2O/c1-7(2)10(4)5-8(6-11)9-3/h5-7,9H,1-4H3/b8-5-. The minimum absolute atomic E-state index is 0.415. The number of rotatable bonds is 4. The van der Waals surface area contributed by atoms with Gasteiger partial charge in [0.25, 0.3) is 0 Å². The molecular weight excluding hydrogens is 140 g/mol.